The standard InChI is InChI=1S/C12H16O2/c1-14-11-5-4-10-7-9(3-2-6-13)12(10)8-11/h4-5,8-9,13H,2-3,6-7H2,1H3. The lowest BCUT2D eigenvalue weighted by atomic mass is 9.75. The third-order valence-corrected chi connectivity index (χ3v) is 2.97. The Morgan fingerprint density at radius 3 is 3.07 bits per heavy atom. The fraction of sp³-hybridized carbons (Fsp3) is 0.500. The normalized spacial score (nSPS) is 18.6. The van der Waals surface area contributed by atoms with E-state index in [-0.39, 0.29) is 0 Å². The molecule has 1 atom stereocenters. The summed E-state index contributed by atoms with van der Waals surface area (Å²) < 4.78 is 5.19. The molecular formula is C12H16O2. The molecule has 1 aromatic carbocycles. The predicted molar refractivity (Wildman–Crippen MR) is 55.8 cm³/mol. The van der Waals surface area contributed by atoms with Crippen molar-refractivity contribution in [1.29, 1.82) is 0 Å². The van der Waals surface area contributed by atoms with Crippen molar-refractivity contribution in [3.63, 3.8) is 0 Å². The van der Waals surface area contributed by atoms with Crippen LogP contribution in [0.15, 0.2) is 18.2 Å². The van der Waals surface area contributed by atoms with Gasteiger partial charge in [0.1, 0.15) is 5.75 Å². The first-order valence-corrected chi connectivity index (χ1v) is 5.13. The molecule has 0 spiro atoms. The van der Waals surface area contributed by atoms with Gasteiger partial charge in [0.2, 0.25) is 0 Å². The first-order chi connectivity index (χ1) is 6.85. The van der Waals surface area contributed by atoms with Crippen LogP contribution in [0.25, 0.3) is 0 Å². The Hall–Kier alpha value is -1.02. The highest BCUT2D eigenvalue weighted by Crippen LogP contribution is 2.39. The van der Waals surface area contributed by atoms with Gasteiger partial charge in [0, 0.05) is 6.61 Å². The number of methoxy groups -OCH3 is 1. The molecule has 0 saturated carbocycles. The minimum absolute atomic E-state index is 0.301. The molecule has 76 valence electrons. The molecule has 2 rings (SSSR count). The minimum atomic E-state index is 0.301. The summed E-state index contributed by atoms with van der Waals surface area (Å²) in [6, 6.07) is 6.28. The SMILES string of the molecule is COc1ccc2c(c1)C(CCCO)C2. The molecule has 0 amide bonds. The molecule has 2 nitrogen and oxygen atoms in total. The van der Waals surface area contributed by atoms with E-state index >= 15 is 0 Å². The number of aliphatic hydroxyl groups is 1. The zero-order valence-corrected chi connectivity index (χ0v) is 8.49. The van der Waals surface area contributed by atoms with Gasteiger partial charge < -0.3 is 9.84 Å². The maximum Gasteiger partial charge on any atom is 0.119 e. The molecule has 2 heteroatoms. The third-order valence-electron chi connectivity index (χ3n) is 2.97. The number of hydrogen-bond donors (Lipinski definition) is 1. The molecule has 1 aromatic rings. The van der Waals surface area contributed by atoms with Crippen molar-refractivity contribution in [2.45, 2.75) is 25.2 Å². The van der Waals surface area contributed by atoms with Crippen molar-refractivity contribution in [2.24, 2.45) is 0 Å². The van der Waals surface area contributed by atoms with Gasteiger partial charge in [0.05, 0.1) is 7.11 Å². The molecule has 0 aromatic heterocycles. The summed E-state index contributed by atoms with van der Waals surface area (Å²) in [7, 11) is 1.70. The molecule has 1 N–H and O–H groups in total. The lowest BCUT2D eigenvalue weighted by Crippen LogP contribution is -2.17. The van der Waals surface area contributed by atoms with Crippen LogP contribution in [-0.2, 0) is 6.42 Å². The molecule has 1 unspecified atom stereocenters. The lowest BCUT2D eigenvalue weighted by molar-refractivity contribution is 0.277. The number of benzene rings is 1. The molecule has 1 aliphatic rings. The number of ether oxygens (including phenoxy) is 1. The van der Waals surface area contributed by atoms with Gasteiger partial charge in [-0.1, -0.05) is 6.07 Å². The van der Waals surface area contributed by atoms with Gasteiger partial charge in [0.15, 0.2) is 0 Å². The Labute approximate surface area is 84.5 Å². The second-order valence-electron chi connectivity index (χ2n) is 3.83. The average molecular weight is 192 g/mol. The number of hydrogen-bond acceptors (Lipinski definition) is 2. The summed E-state index contributed by atoms with van der Waals surface area (Å²) in [6.45, 7) is 0.301. The minimum Gasteiger partial charge on any atom is -0.497 e. The Balaban J connectivity index is 2.07. The Kier molecular flexibility index (Phi) is 2.73. The van der Waals surface area contributed by atoms with Crippen LogP contribution in [0.4, 0.5) is 0 Å². The van der Waals surface area contributed by atoms with Gasteiger partial charge in [-0.25, -0.2) is 0 Å². The lowest BCUT2D eigenvalue weighted by Gasteiger charge is -2.30. The van der Waals surface area contributed by atoms with E-state index in [0.717, 1.165) is 18.6 Å². The highest BCUT2D eigenvalue weighted by Gasteiger charge is 2.25. The van der Waals surface area contributed by atoms with Gasteiger partial charge in [-0.2, -0.15) is 0 Å². The van der Waals surface area contributed by atoms with Gasteiger partial charge in [-0.15, -0.1) is 0 Å². The fourth-order valence-corrected chi connectivity index (χ4v) is 2.11. The first kappa shape index (κ1) is 9.53. The highest BCUT2D eigenvalue weighted by molar-refractivity contribution is 5.44. The van der Waals surface area contributed by atoms with E-state index in [0.29, 0.717) is 12.5 Å². The van der Waals surface area contributed by atoms with Crippen molar-refractivity contribution >= 4 is 0 Å². The summed E-state index contributed by atoms with van der Waals surface area (Å²) in [5, 5.41) is 8.76. The van der Waals surface area contributed by atoms with Crippen LogP contribution in [0.5, 0.6) is 5.75 Å². The summed E-state index contributed by atoms with van der Waals surface area (Å²) in [4.78, 5) is 0. The van der Waals surface area contributed by atoms with Gasteiger partial charge in [0.25, 0.3) is 0 Å². The molecule has 0 heterocycles. The second kappa shape index (κ2) is 4.01. The van der Waals surface area contributed by atoms with Gasteiger partial charge >= 0.3 is 0 Å². The Bertz CT molecular complexity index is 320. The van der Waals surface area contributed by atoms with Crippen molar-refractivity contribution in [1.82, 2.24) is 0 Å². The molecule has 14 heavy (non-hydrogen) atoms. The van der Waals surface area contributed by atoms with Crippen molar-refractivity contribution in [2.75, 3.05) is 13.7 Å². The van der Waals surface area contributed by atoms with E-state index in [2.05, 4.69) is 12.1 Å². The molecule has 0 bridgehead atoms. The van der Waals surface area contributed by atoms with E-state index in [4.69, 9.17) is 9.84 Å². The maximum atomic E-state index is 8.76. The first-order valence-electron chi connectivity index (χ1n) is 5.13. The van der Waals surface area contributed by atoms with E-state index in [9.17, 15) is 0 Å². The second-order valence-corrected chi connectivity index (χ2v) is 3.83. The summed E-state index contributed by atoms with van der Waals surface area (Å²) in [5.41, 5.74) is 2.85. The summed E-state index contributed by atoms with van der Waals surface area (Å²) in [6.07, 6.45) is 3.16. The third kappa shape index (κ3) is 1.62. The van der Waals surface area contributed by atoms with Crippen LogP contribution in [0.2, 0.25) is 0 Å². The van der Waals surface area contributed by atoms with Crippen LogP contribution in [0.3, 0.4) is 0 Å². The van der Waals surface area contributed by atoms with Crippen LogP contribution in [0.1, 0.15) is 29.9 Å². The van der Waals surface area contributed by atoms with E-state index < -0.39 is 0 Å². The molecule has 0 aliphatic heterocycles. The van der Waals surface area contributed by atoms with Crippen LogP contribution in [-0.4, -0.2) is 18.8 Å². The van der Waals surface area contributed by atoms with Crippen LogP contribution >= 0.6 is 0 Å². The van der Waals surface area contributed by atoms with E-state index in [1.54, 1.807) is 7.11 Å². The number of rotatable bonds is 4. The van der Waals surface area contributed by atoms with Crippen molar-refractivity contribution < 1.29 is 9.84 Å². The van der Waals surface area contributed by atoms with Crippen molar-refractivity contribution in [3.8, 4) is 5.75 Å². The van der Waals surface area contributed by atoms with Gasteiger partial charge in [-0.3, -0.25) is 0 Å². The van der Waals surface area contributed by atoms with Crippen LogP contribution in [0, 0.1) is 0 Å². The monoisotopic (exact) mass is 192 g/mol. The molecule has 0 fully saturated rings. The molecular weight excluding hydrogens is 176 g/mol. The quantitative estimate of drug-likeness (QED) is 0.791. The molecule has 1 aliphatic carbocycles. The summed E-state index contributed by atoms with van der Waals surface area (Å²) >= 11 is 0. The smallest absolute Gasteiger partial charge is 0.119 e. The highest BCUT2D eigenvalue weighted by atomic mass is 16.5. The molecule has 0 saturated heterocycles. The maximum absolute atomic E-state index is 8.76. The fourth-order valence-electron chi connectivity index (χ4n) is 2.11. The number of aliphatic hydroxyl groups excluding tert-OH is 1. The number of fused-ring (bicyclic) bond motifs is 1. The van der Waals surface area contributed by atoms with Crippen molar-refractivity contribution in [3.05, 3.63) is 29.3 Å². The topological polar surface area (TPSA) is 29.5 Å². The van der Waals surface area contributed by atoms with E-state index in [1.165, 1.54) is 17.5 Å². The van der Waals surface area contributed by atoms with Crippen LogP contribution < -0.4 is 4.74 Å². The zero-order valence-electron chi connectivity index (χ0n) is 8.49. The average Bonchev–Trinajstić information content (AvgIpc) is 2.20. The Morgan fingerprint density at radius 1 is 1.50 bits per heavy atom. The largest absolute Gasteiger partial charge is 0.497 e. The zero-order chi connectivity index (χ0) is 9.97. The van der Waals surface area contributed by atoms with Gasteiger partial charge in [-0.05, 0) is 48.4 Å². The summed E-state index contributed by atoms with van der Waals surface area (Å²) in [5.74, 6) is 1.59. The predicted octanol–water partition coefficient (Wildman–Crippen LogP) is 2.11. The molecule has 0 radical (unpaired) electrons. The Morgan fingerprint density at radius 2 is 2.36 bits per heavy atom. The van der Waals surface area contributed by atoms with E-state index in [1.807, 2.05) is 6.07 Å².